The van der Waals surface area contributed by atoms with Crippen molar-refractivity contribution < 1.29 is 9.53 Å². The van der Waals surface area contributed by atoms with Gasteiger partial charge in [0.2, 0.25) is 0 Å². The first kappa shape index (κ1) is 17.7. The molecule has 0 saturated heterocycles. The summed E-state index contributed by atoms with van der Waals surface area (Å²) in [4.78, 5) is 11.9. The van der Waals surface area contributed by atoms with Gasteiger partial charge in [0.05, 0.1) is 11.2 Å². The van der Waals surface area contributed by atoms with Crippen molar-refractivity contribution in [2.75, 3.05) is 0 Å². The summed E-state index contributed by atoms with van der Waals surface area (Å²) in [5.74, 6) is 0.330. The summed E-state index contributed by atoms with van der Waals surface area (Å²) in [5, 5.41) is 4.44. The molecule has 0 radical (unpaired) electrons. The van der Waals surface area contributed by atoms with Gasteiger partial charge < -0.3 is 4.74 Å². The predicted molar refractivity (Wildman–Crippen MR) is 104 cm³/mol. The molecule has 0 spiro atoms. The van der Waals surface area contributed by atoms with Crippen molar-refractivity contribution in [1.82, 2.24) is 5.43 Å². The van der Waals surface area contributed by atoms with Crippen molar-refractivity contribution in [2.24, 2.45) is 5.10 Å². The van der Waals surface area contributed by atoms with Crippen LogP contribution in [0, 0.1) is 0 Å². The van der Waals surface area contributed by atoms with E-state index in [1.807, 2.05) is 42.5 Å². The third kappa shape index (κ3) is 4.94. The van der Waals surface area contributed by atoms with Crippen LogP contribution in [0.3, 0.4) is 0 Å². The van der Waals surface area contributed by atoms with Crippen molar-refractivity contribution in [3.8, 4) is 5.75 Å². The largest absolute Gasteiger partial charge is 0.487 e. The first-order valence-electron chi connectivity index (χ1n) is 8.07. The third-order valence-electron chi connectivity index (χ3n) is 3.61. The Balaban J connectivity index is 1.58. The van der Waals surface area contributed by atoms with Crippen molar-refractivity contribution >= 4 is 23.7 Å². The Labute approximate surface area is 157 Å². The Hall–Kier alpha value is -3.11. The van der Waals surface area contributed by atoms with E-state index in [4.69, 9.17) is 16.3 Å². The quantitative estimate of drug-likeness (QED) is 0.510. The average molecular weight is 365 g/mol. The number of amides is 1. The van der Waals surface area contributed by atoms with E-state index in [0.717, 1.165) is 11.1 Å². The number of halogens is 1. The molecule has 0 aliphatic carbocycles. The van der Waals surface area contributed by atoms with Gasteiger partial charge in [-0.1, -0.05) is 60.1 Å². The molecule has 1 N–H and O–H groups in total. The maximum Gasteiger partial charge on any atom is 0.271 e. The Kier molecular flexibility index (Phi) is 6.01. The topological polar surface area (TPSA) is 50.7 Å². The van der Waals surface area contributed by atoms with E-state index in [1.165, 1.54) is 6.21 Å². The van der Waals surface area contributed by atoms with E-state index in [0.29, 0.717) is 22.9 Å². The van der Waals surface area contributed by atoms with Crippen LogP contribution in [0.5, 0.6) is 5.75 Å². The molecule has 0 aliphatic rings. The van der Waals surface area contributed by atoms with Crippen molar-refractivity contribution in [3.05, 3.63) is 101 Å². The molecule has 26 heavy (non-hydrogen) atoms. The van der Waals surface area contributed by atoms with Crippen LogP contribution in [-0.2, 0) is 6.61 Å². The maximum atomic E-state index is 11.9. The Morgan fingerprint density at radius 3 is 2.38 bits per heavy atom. The van der Waals surface area contributed by atoms with E-state index in [9.17, 15) is 4.79 Å². The number of benzene rings is 3. The van der Waals surface area contributed by atoms with E-state index in [2.05, 4.69) is 10.5 Å². The highest BCUT2D eigenvalue weighted by molar-refractivity contribution is 6.32. The number of hydrogen-bond acceptors (Lipinski definition) is 3. The lowest BCUT2D eigenvalue weighted by atomic mass is 10.2. The summed E-state index contributed by atoms with van der Waals surface area (Å²) in [6.07, 6.45) is 1.54. The monoisotopic (exact) mass is 364 g/mol. The fourth-order valence-corrected chi connectivity index (χ4v) is 2.51. The van der Waals surface area contributed by atoms with Crippen LogP contribution in [0.4, 0.5) is 0 Å². The molecule has 5 heteroatoms. The van der Waals surface area contributed by atoms with Gasteiger partial charge in [0.25, 0.3) is 5.91 Å². The minimum atomic E-state index is -0.268. The molecule has 0 bridgehead atoms. The lowest BCUT2D eigenvalue weighted by molar-refractivity contribution is 0.0955. The van der Waals surface area contributed by atoms with Gasteiger partial charge in [-0.2, -0.15) is 5.10 Å². The summed E-state index contributed by atoms with van der Waals surface area (Å²) < 4.78 is 5.73. The molecule has 130 valence electrons. The molecule has 0 unspecified atom stereocenters. The number of carbonyl (C=O) groups is 1. The Bertz CT molecular complexity index is 896. The first-order chi connectivity index (χ1) is 12.7. The van der Waals surface area contributed by atoms with Gasteiger partial charge in [-0.25, -0.2) is 5.43 Å². The molecule has 3 rings (SSSR count). The fourth-order valence-electron chi connectivity index (χ4n) is 2.27. The summed E-state index contributed by atoms with van der Waals surface area (Å²) in [6, 6.07) is 24.1. The molecule has 0 aromatic heterocycles. The second-order valence-electron chi connectivity index (χ2n) is 5.53. The number of hydrogen-bond donors (Lipinski definition) is 1. The summed E-state index contributed by atoms with van der Waals surface area (Å²) in [6.45, 7) is 0.446. The maximum absolute atomic E-state index is 11.9. The lowest BCUT2D eigenvalue weighted by Gasteiger charge is -2.08. The van der Waals surface area contributed by atoms with Crippen molar-refractivity contribution in [1.29, 1.82) is 0 Å². The molecule has 3 aromatic rings. The smallest absolute Gasteiger partial charge is 0.271 e. The predicted octanol–water partition coefficient (Wildman–Crippen LogP) is 4.68. The summed E-state index contributed by atoms with van der Waals surface area (Å²) in [7, 11) is 0. The Morgan fingerprint density at radius 2 is 1.69 bits per heavy atom. The highest BCUT2D eigenvalue weighted by atomic mass is 35.5. The van der Waals surface area contributed by atoms with Crippen molar-refractivity contribution in [3.63, 3.8) is 0 Å². The van der Waals surface area contributed by atoms with Gasteiger partial charge in [-0.05, 0) is 41.5 Å². The minimum absolute atomic E-state index is 0.268. The molecule has 1 amide bonds. The van der Waals surface area contributed by atoms with E-state index < -0.39 is 0 Å². The molecular formula is C21H17ClN2O2. The molecule has 0 saturated carbocycles. The van der Waals surface area contributed by atoms with Gasteiger partial charge in [0, 0.05) is 5.56 Å². The molecule has 0 heterocycles. The number of rotatable bonds is 6. The van der Waals surface area contributed by atoms with Crippen LogP contribution < -0.4 is 10.2 Å². The molecule has 4 nitrogen and oxygen atoms in total. The number of ether oxygens (including phenoxy) is 1. The van der Waals surface area contributed by atoms with Gasteiger partial charge in [-0.3, -0.25) is 4.79 Å². The second kappa shape index (κ2) is 8.83. The lowest BCUT2D eigenvalue weighted by Crippen LogP contribution is -2.17. The Morgan fingerprint density at radius 1 is 1.00 bits per heavy atom. The zero-order chi connectivity index (χ0) is 18.2. The molecule has 0 fully saturated rings. The first-order valence-corrected chi connectivity index (χ1v) is 8.45. The number of nitrogens with zero attached hydrogens (tertiary/aromatic N) is 1. The van der Waals surface area contributed by atoms with E-state index >= 15 is 0 Å². The normalized spacial score (nSPS) is 10.7. The standard InChI is InChI=1S/C21H17ClN2O2/c22-19-13-17(14-23-24-21(25)18-9-5-2-6-10-18)11-12-20(19)26-15-16-7-3-1-4-8-16/h1-14H,15H2,(H,24,25)/b23-14-. The van der Waals surface area contributed by atoms with E-state index in [-0.39, 0.29) is 5.91 Å². The summed E-state index contributed by atoms with van der Waals surface area (Å²) >= 11 is 6.26. The fraction of sp³-hybridized carbons (Fsp3) is 0.0476. The second-order valence-corrected chi connectivity index (χ2v) is 5.94. The zero-order valence-corrected chi connectivity index (χ0v) is 14.7. The SMILES string of the molecule is O=C(N/N=C\c1ccc(OCc2ccccc2)c(Cl)c1)c1ccccc1. The number of carbonyl (C=O) groups excluding carboxylic acids is 1. The molecule has 0 aliphatic heterocycles. The average Bonchev–Trinajstić information content (AvgIpc) is 2.69. The number of hydrazone groups is 1. The van der Waals surface area contributed by atoms with E-state index in [1.54, 1.807) is 36.4 Å². The van der Waals surface area contributed by atoms with Gasteiger partial charge >= 0.3 is 0 Å². The van der Waals surface area contributed by atoms with Crippen LogP contribution in [0.25, 0.3) is 0 Å². The third-order valence-corrected chi connectivity index (χ3v) is 3.90. The van der Waals surface area contributed by atoms with Crippen LogP contribution in [0.15, 0.2) is 84.0 Å². The van der Waals surface area contributed by atoms with Gasteiger partial charge in [0.15, 0.2) is 0 Å². The highest BCUT2D eigenvalue weighted by Crippen LogP contribution is 2.25. The molecular weight excluding hydrogens is 348 g/mol. The highest BCUT2D eigenvalue weighted by Gasteiger charge is 2.04. The van der Waals surface area contributed by atoms with Gasteiger partial charge in [0.1, 0.15) is 12.4 Å². The summed E-state index contributed by atoms with van der Waals surface area (Å²) in [5.41, 5.74) is 4.86. The van der Waals surface area contributed by atoms with Crippen LogP contribution >= 0.6 is 11.6 Å². The molecule has 3 aromatic carbocycles. The van der Waals surface area contributed by atoms with Crippen LogP contribution in [0.1, 0.15) is 21.5 Å². The van der Waals surface area contributed by atoms with Crippen LogP contribution in [-0.4, -0.2) is 12.1 Å². The van der Waals surface area contributed by atoms with Crippen molar-refractivity contribution in [2.45, 2.75) is 6.61 Å². The zero-order valence-electron chi connectivity index (χ0n) is 13.9. The van der Waals surface area contributed by atoms with Gasteiger partial charge in [-0.15, -0.1) is 0 Å². The minimum Gasteiger partial charge on any atom is -0.487 e. The number of nitrogens with one attached hydrogen (secondary N) is 1. The van der Waals surface area contributed by atoms with Crippen LogP contribution in [0.2, 0.25) is 5.02 Å². The molecule has 0 atom stereocenters.